The van der Waals surface area contributed by atoms with Crippen LogP contribution in [0.1, 0.15) is 43.7 Å². The van der Waals surface area contributed by atoms with Crippen molar-refractivity contribution in [3.05, 3.63) is 90.0 Å². The minimum Gasteiger partial charge on any atom is -0.497 e. The van der Waals surface area contributed by atoms with E-state index in [-0.39, 0.29) is 23.4 Å². The van der Waals surface area contributed by atoms with Crippen LogP contribution in [-0.2, 0) is 26.2 Å². The molecule has 9 heteroatoms. The molecule has 0 spiro atoms. The number of nitrogens with one attached hydrogen (secondary N) is 1. The van der Waals surface area contributed by atoms with Crippen molar-refractivity contribution in [2.45, 2.75) is 63.1 Å². The number of benzene rings is 3. The Morgan fingerprint density at radius 2 is 1.65 bits per heavy atom. The maximum Gasteiger partial charge on any atom is 0.264 e. The van der Waals surface area contributed by atoms with Crippen LogP contribution < -0.4 is 14.4 Å². The second-order valence-electron chi connectivity index (χ2n) is 10.2. The molecule has 0 radical (unpaired) electrons. The number of ether oxygens (including phenoxy) is 1. The fourth-order valence-corrected chi connectivity index (χ4v) is 6.34. The van der Waals surface area contributed by atoms with Crippen molar-refractivity contribution in [1.82, 2.24) is 10.2 Å². The lowest BCUT2D eigenvalue weighted by atomic mass is 10.1. The normalized spacial score (nSPS) is 14.4. The molecular weight excluding hydrogens is 526 g/mol. The number of anilines is 1. The molecule has 0 aromatic heterocycles. The molecule has 3 aromatic carbocycles. The van der Waals surface area contributed by atoms with E-state index in [9.17, 15) is 18.0 Å². The molecule has 1 N–H and O–H groups in total. The summed E-state index contributed by atoms with van der Waals surface area (Å²) in [5.74, 6) is -0.117. The predicted molar refractivity (Wildman–Crippen MR) is 156 cm³/mol. The van der Waals surface area contributed by atoms with Crippen molar-refractivity contribution in [1.29, 1.82) is 0 Å². The number of methoxy groups -OCH3 is 1. The number of sulfonamides is 1. The van der Waals surface area contributed by atoms with E-state index in [1.807, 2.05) is 19.1 Å². The summed E-state index contributed by atoms with van der Waals surface area (Å²) in [5, 5.41) is 3.08. The summed E-state index contributed by atoms with van der Waals surface area (Å²) in [5.41, 5.74) is 2.09. The van der Waals surface area contributed by atoms with Gasteiger partial charge in [-0.2, -0.15) is 0 Å². The quantitative estimate of drug-likeness (QED) is 0.366. The molecule has 3 aromatic rings. The molecule has 1 fully saturated rings. The van der Waals surface area contributed by atoms with Gasteiger partial charge in [-0.15, -0.1) is 0 Å². The number of rotatable bonds is 11. The van der Waals surface area contributed by atoms with Crippen LogP contribution in [0.3, 0.4) is 0 Å². The molecule has 2 amide bonds. The van der Waals surface area contributed by atoms with Gasteiger partial charge in [0.15, 0.2) is 0 Å². The standard InChI is InChI=1S/C31H37N3O5S/c1-23-16-18-27(19-17-23)34(40(37,38)29-14-5-4-6-15-29)22-30(35)33(21-25-10-9-13-28(20-25)39-3)24(2)31(36)32-26-11-7-8-12-26/h4-6,9-10,13-20,24,26H,7-8,11-12,21-22H2,1-3H3,(H,32,36). The maximum atomic E-state index is 14.0. The Morgan fingerprint density at radius 3 is 2.30 bits per heavy atom. The van der Waals surface area contributed by atoms with Crippen LogP contribution in [0.2, 0.25) is 0 Å². The molecule has 1 saturated carbocycles. The zero-order chi connectivity index (χ0) is 28.7. The lowest BCUT2D eigenvalue weighted by Crippen LogP contribution is -2.52. The van der Waals surface area contributed by atoms with Crippen LogP contribution in [0, 0.1) is 6.92 Å². The molecule has 0 heterocycles. The summed E-state index contributed by atoms with van der Waals surface area (Å²) in [6.45, 7) is 3.24. The number of aryl methyl sites for hydroxylation is 1. The molecule has 1 aliphatic rings. The smallest absolute Gasteiger partial charge is 0.264 e. The molecule has 0 bridgehead atoms. The first-order valence-corrected chi connectivity index (χ1v) is 15.0. The zero-order valence-corrected chi connectivity index (χ0v) is 24.1. The van der Waals surface area contributed by atoms with E-state index < -0.39 is 28.5 Å². The second kappa shape index (κ2) is 13.0. The largest absolute Gasteiger partial charge is 0.497 e. The highest BCUT2D eigenvalue weighted by Crippen LogP contribution is 2.25. The fourth-order valence-electron chi connectivity index (χ4n) is 4.90. The van der Waals surface area contributed by atoms with E-state index in [1.165, 1.54) is 17.0 Å². The summed E-state index contributed by atoms with van der Waals surface area (Å²) >= 11 is 0. The summed E-state index contributed by atoms with van der Waals surface area (Å²) in [6.07, 6.45) is 3.96. The van der Waals surface area contributed by atoms with Crippen molar-refractivity contribution in [2.24, 2.45) is 0 Å². The van der Waals surface area contributed by atoms with Gasteiger partial charge in [0.25, 0.3) is 10.0 Å². The van der Waals surface area contributed by atoms with Gasteiger partial charge in [0, 0.05) is 12.6 Å². The highest BCUT2D eigenvalue weighted by Gasteiger charge is 2.33. The highest BCUT2D eigenvalue weighted by molar-refractivity contribution is 7.92. The first kappa shape index (κ1) is 29.1. The molecule has 0 saturated heterocycles. The first-order chi connectivity index (χ1) is 19.2. The molecule has 1 aliphatic carbocycles. The third kappa shape index (κ3) is 7.01. The third-order valence-corrected chi connectivity index (χ3v) is 9.08. The number of amides is 2. The van der Waals surface area contributed by atoms with Gasteiger partial charge in [-0.05, 0) is 68.7 Å². The van der Waals surface area contributed by atoms with E-state index in [0.29, 0.717) is 11.4 Å². The van der Waals surface area contributed by atoms with Gasteiger partial charge < -0.3 is 15.0 Å². The molecule has 1 unspecified atom stereocenters. The minimum atomic E-state index is -4.08. The van der Waals surface area contributed by atoms with Crippen LogP contribution in [0.25, 0.3) is 0 Å². The van der Waals surface area contributed by atoms with Gasteiger partial charge in [-0.3, -0.25) is 13.9 Å². The van der Waals surface area contributed by atoms with Gasteiger partial charge in [-0.25, -0.2) is 8.42 Å². The van der Waals surface area contributed by atoms with Crippen molar-refractivity contribution in [3.8, 4) is 5.75 Å². The minimum absolute atomic E-state index is 0.0785. The highest BCUT2D eigenvalue weighted by atomic mass is 32.2. The van der Waals surface area contributed by atoms with Crippen LogP contribution in [0.4, 0.5) is 5.69 Å². The van der Waals surface area contributed by atoms with Crippen LogP contribution >= 0.6 is 0 Å². The van der Waals surface area contributed by atoms with E-state index in [1.54, 1.807) is 68.6 Å². The Balaban J connectivity index is 1.68. The van der Waals surface area contributed by atoms with Crippen molar-refractivity contribution < 1.29 is 22.7 Å². The van der Waals surface area contributed by atoms with E-state index in [0.717, 1.165) is 41.1 Å². The van der Waals surface area contributed by atoms with Crippen LogP contribution in [0.15, 0.2) is 83.8 Å². The fraction of sp³-hybridized carbons (Fsp3) is 0.355. The Bertz CT molecular complexity index is 1400. The zero-order valence-electron chi connectivity index (χ0n) is 23.2. The third-order valence-electron chi connectivity index (χ3n) is 7.29. The maximum absolute atomic E-state index is 14.0. The van der Waals surface area contributed by atoms with Crippen molar-refractivity contribution in [3.63, 3.8) is 0 Å². The Morgan fingerprint density at radius 1 is 0.975 bits per heavy atom. The molecule has 212 valence electrons. The number of carbonyl (C=O) groups is 2. The number of nitrogens with zero attached hydrogens (tertiary/aromatic N) is 2. The average Bonchev–Trinajstić information content (AvgIpc) is 3.48. The van der Waals surface area contributed by atoms with E-state index >= 15 is 0 Å². The monoisotopic (exact) mass is 563 g/mol. The Labute approximate surface area is 237 Å². The average molecular weight is 564 g/mol. The van der Waals surface area contributed by atoms with E-state index in [4.69, 9.17) is 4.74 Å². The molecule has 40 heavy (non-hydrogen) atoms. The van der Waals surface area contributed by atoms with Crippen molar-refractivity contribution >= 4 is 27.5 Å². The summed E-state index contributed by atoms with van der Waals surface area (Å²) in [4.78, 5) is 28.9. The van der Waals surface area contributed by atoms with Gasteiger partial charge in [-0.1, -0.05) is 60.9 Å². The van der Waals surface area contributed by atoms with Crippen LogP contribution in [0.5, 0.6) is 5.75 Å². The summed E-state index contributed by atoms with van der Waals surface area (Å²) < 4.78 is 34.1. The van der Waals surface area contributed by atoms with Gasteiger partial charge in [0.2, 0.25) is 11.8 Å². The summed E-state index contributed by atoms with van der Waals surface area (Å²) in [7, 11) is -2.52. The first-order valence-electron chi connectivity index (χ1n) is 13.6. The van der Waals surface area contributed by atoms with Gasteiger partial charge in [0.1, 0.15) is 18.3 Å². The Kier molecular flexibility index (Phi) is 9.47. The number of hydrogen-bond donors (Lipinski definition) is 1. The number of hydrogen-bond acceptors (Lipinski definition) is 5. The Hall–Kier alpha value is -3.85. The van der Waals surface area contributed by atoms with E-state index in [2.05, 4.69) is 5.32 Å². The van der Waals surface area contributed by atoms with Crippen molar-refractivity contribution in [2.75, 3.05) is 18.0 Å². The van der Waals surface area contributed by atoms with Gasteiger partial charge >= 0.3 is 0 Å². The summed E-state index contributed by atoms with van der Waals surface area (Å²) in [6, 6.07) is 21.6. The molecular formula is C31H37N3O5S. The van der Waals surface area contributed by atoms with Gasteiger partial charge in [0.05, 0.1) is 17.7 Å². The molecule has 4 rings (SSSR count). The molecule has 0 aliphatic heterocycles. The topological polar surface area (TPSA) is 96.0 Å². The van der Waals surface area contributed by atoms with Crippen LogP contribution in [-0.4, -0.2) is 50.9 Å². The second-order valence-corrected chi connectivity index (χ2v) is 12.1. The predicted octanol–water partition coefficient (Wildman–Crippen LogP) is 4.68. The lowest BCUT2D eigenvalue weighted by Gasteiger charge is -2.32. The SMILES string of the molecule is COc1cccc(CN(C(=O)CN(c2ccc(C)cc2)S(=O)(=O)c2ccccc2)C(C)C(=O)NC2CCCC2)c1. The molecule has 8 nitrogen and oxygen atoms in total. The molecule has 1 atom stereocenters. The lowest BCUT2D eigenvalue weighted by molar-refractivity contribution is -0.139. The number of carbonyl (C=O) groups excluding carboxylic acids is 2.